The smallest absolute Gasteiger partial charge is 0.0840 e. The summed E-state index contributed by atoms with van der Waals surface area (Å²) >= 11 is 0. The van der Waals surface area contributed by atoms with Gasteiger partial charge in [0.2, 0.25) is 0 Å². The van der Waals surface area contributed by atoms with E-state index in [1.807, 2.05) is 13.8 Å². The lowest BCUT2D eigenvalue weighted by molar-refractivity contribution is 0.00609. The van der Waals surface area contributed by atoms with Crippen LogP contribution in [0.25, 0.3) is 0 Å². The lowest BCUT2D eigenvalue weighted by Crippen LogP contribution is -2.39. The van der Waals surface area contributed by atoms with E-state index in [9.17, 15) is 20.4 Å². The molecule has 0 heterocycles. The second-order valence-corrected chi connectivity index (χ2v) is 12.1. The van der Waals surface area contributed by atoms with E-state index in [2.05, 4.69) is 32.6 Å². The Bertz CT molecular complexity index is 745. The first-order valence-electron chi connectivity index (χ1n) is 13.3. The van der Waals surface area contributed by atoms with Crippen LogP contribution in [0.3, 0.4) is 0 Å². The van der Waals surface area contributed by atoms with Crippen molar-refractivity contribution in [1.29, 1.82) is 0 Å². The fraction of sp³-hybridized carbons (Fsp3) is 0.793. The number of hydrogen-bond donors (Lipinski definition) is 4. The SMILES string of the molecule is C=C1/C(=C\C=C2/CCC[C@]3(C)C([C@H](C)CCCC(C)(C)O)CC[C@@H]23)C[C@@H](O)[C@H](CCO)[C@@H]1O. The molecule has 7 atom stereocenters. The Hall–Kier alpha value is -0.940. The van der Waals surface area contributed by atoms with Crippen molar-refractivity contribution < 1.29 is 20.4 Å². The van der Waals surface area contributed by atoms with E-state index in [0.717, 1.165) is 30.8 Å². The first kappa shape index (κ1) is 26.7. The van der Waals surface area contributed by atoms with Crippen LogP contribution in [0.4, 0.5) is 0 Å². The van der Waals surface area contributed by atoms with Gasteiger partial charge < -0.3 is 20.4 Å². The summed E-state index contributed by atoms with van der Waals surface area (Å²) in [5, 5.41) is 40.4. The molecule has 0 aromatic heterocycles. The Morgan fingerprint density at radius 3 is 2.61 bits per heavy atom. The molecule has 3 fully saturated rings. The number of allylic oxidation sites excluding steroid dienone is 3. The highest BCUT2D eigenvalue weighted by Crippen LogP contribution is 2.60. The van der Waals surface area contributed by atoms with Gasteiger partial charge in [-0.3, -0.25) is 0 Å². The average Bonchev–Trinajstić information content (AvgIpc) is 3.09. The highest BCUT2D eigenvalue weighted by molar-refractivity contribution is 5.39. The number of hydrogen-bond acceptors (Lipinski definition) is 4. The highest BCUT2D eigenvalue weighted by atomic mass is 16.3. The molecule has 3 rings (SSSR count). The third-order valence-corrected chi connectivity index (χ3v) is 9.23. The minimum Gasteiger partial charge on any atom is -0.396 e. The fourth-order valence-corrected chi connectivity index (χ4v) is 7.32. The maximum Gasteiger partial charge on any atom is 0.0840 e. The van der Waals surface area contributed by atoms with E-state index < -0.39 is 17.8 Å². The van der Waals surface area contributed by atoms with Crippen molar-refractivity contribution >= 4 is 0 Å². The van der Waals surface area contributed by atoms with Crippen LogP contribution in [0.1, 0.15) is 91.9 Å². The van der Waals surface area contributed by atoms with E-state index in [-0.39, 0.29) is 12.5 Å². The largest absolute Gasteiger partial charge is 0.396 e. The summed E-state index contributed by atoms with van der Waals surface area (Å²) < 4.78 is 0. The van der Waals surface area contributed by atoms with E-state index in [1.54, 1.807) is 0 Å². The maximum absolute atomic E-state index is 10.6. The molecule has 0 aromatic carbocycles. The van der Waals surface area contributed by atoms with E-state index >= 15 is 0 Å². The van der Waals surface area contributed by atoms with Gasteiger partial charge in [0, 0.05) is 12.5 Å². The predicted octanol–water partition coefficient (Wildman–Crippen LogP) is 5.31. The lowest BCUT2D eigenvalue weighted by Gasteiger charge is -2.44. The van der Waals surface area contributed by atoms with Gasteiger partial charge >= 0.3 is 0 Å². The molecule has 0 amide bonds. The van der Waals surface area contributed by atoms with Crippen LogP contribution in [0, 0.1) is 29.1 Å². The van der Waals surface area contributed by atoms with Crippen LogP contribution in [-0.4, -0.2) is 44.8 Å². The number of fused-ring (bicyclic) bond motifs is 1. The molecule has 0 aromatic rings. The predicted molar refractivity (Wildman–Crippen MR) is 135 cm³/mol. The first-order valence-corrected chi connectivity index (χ1v) is 13.3. The molecule has 0 saturated heterocycles. The van der Waals surface area contributed by atoms with Gasteiger partial charge in [-0.1, -0.05) is 51.0 Å². The number of aliphatic hydroxyl groups excluding tert-OH is 3. The molecule has 188 valence electrons. The van der Waals surface area contributed by atoms with Crippen LogP contribution >= 0.6 is 0 Å². The summed E-state index contributed by atoms with van der Waals surface area (Å²) in [4.78, 5) is 0. The van der Waals surface area contributed by atoms with Crippen molar-refractivity contribution in [2.75, 3.05) is 6.61 Å². The van der Waals surface area contributed by atoms with Gasteiger partial charge in [-0.15, -0.1) is 0 Å². The van der Waals surface area contributed by atoms with Gasteiger partial charge in [-0.25, -0.2) is 0 Å². The second-order valence-electron chi connectivity index (χ2n) is 12.1. The zero-order valence-electron chi connectivity index (χ0n) is 21.4. The minimum absolute atomic E-state index is 0.0349. The molecule has 0 spiro atoms. The summed E-state index contributed by atoms with van der Waals surface area (Å²) in [5.41, 5.74) is 2.93. The Morgan fingerprint density at radius 1 is 1.21 bits per heavy atom. The molecular weight excluding hydrogens is 412 g/mol. The topological polar surface area (TPSA) is 80.9 Å². The quantitative estimate of drug-likeness (QED) is 0.395. The van der Waals surface area contributed by atoms with Crippen LogP contribution in [0.15, 0.2) is 35.5 Å². The third-order valence-electron chi connectivity index (χ3n) is 9.23. The number of aliphatic hydroxyl groups is 4. The van der Waals surface area contributed by atoms with Crippen LogP contribution < -0.4 is 0 Å². The Balaban J connectivity index is 1.70. The van der Waals surface area contributed by atoms with Crippen LogP contribution in [0.2, 0.25) is 0 Å². The van der Waals surface area contributed by atoms with Crippen molar-refractivity contribution in [2.24, 2.45) is 29.1 Å². The molecule has 4 N–H and O–H groups in total. The van der Waals surface area contributed by atoms with Gasteiger partial charge in [0.15, 0.2) is 0 Å². The molecule has 33 heavy (non-hydrogen) atoms. The Kier molecular flexibility index (Phi) is 8.70. The Morgan fingerprint density at radius 2 is 1.94 bits per heavy atom. The van der Waals surface area contributed by atoms with Gasteiger partial charge in [0.1, 0.15) is 0 Å². The molecule has 4 heteroatoms. The molecule has 3 aliphatic carbocycles. The molecule has 0 aliphatic heterocycles. The summed E-state index contributed by atoms with van der Waals surface area (Å²) in [6.45, 7) is 12.8. The fourth-order valence-electron chi connectivity index (χ4n) is 7.32. The molecule has 4 nitrogen and oxygen atoms in total. The molecular formula is C29H48O4. The maximum atomic E-state index is 10.6. The van der Waals surface area contributed by atoms with E-state index in [4.69, 9.17) is 0 Å². The second kappa shape index (κ2) is 10.8. The van der Waals surface area contributed by atoms with Crippen molar-refractivity contribution in [2.45, 2.75) is 110 Å². The standard InChI is InChI=1S/C29H48O4/c1-19(8-6-15-28(3,4)33)24-12-13-25-21(9-7-16-29(24,25)5)10-11-22-18-26(31)23(14-17-30)27(32)20(22)2/h10-11,19,23-27,30-33H,2,6-9,12-18H2,1,3-5H3/b21-10+,22-11-/t19-,23+,24?,25+,26-,27-,29-/m1/s1. The normalized spacial score (nSPS) is 38.7. The Labute approximate surface area is 201 Å². The zero-order valence-corrected chi connectivity index (χ0v) is 21.4. The van der Waals surface area contributed by atoms with Crippen molar-refractivity contribution in [3.8, 4) is 0 Å². The first-order chi connectivity index (χ1) is 15.5. The summed E-state index contributed by atoms with van der Waals surface area (Å²) in [5.74, 6) is 1.68. The molecule has 0 radical (unpaired) electrons. The third kappa shape index (κ3) is 6.01. The molecule has 3 aliphatic rings. The van der Waals surface area contributed by atoms with Gasteiger partial charge in [0.25, 0.3) is 0 Å². The highest BCUT2D eigenvalue weighted by Gasteiger charge is 2.50. The molecule has 0 bridgehead atoms. The van der Waals surface area contributed by atoms with Gasteiger partial charge in [0.05, 0.1) is 17.8 Å². The van der Waals surface area contributed by atoms with Crippen molar-refractivity contribution in [3.63, 3.8) is 0 Å². The minimum atomic E-state index is -0.789. The van der Waals surface area contributed by atoms with E-state index in [0.29, 0.717) is 35.7 Å². The van der Waals surface area contributed by atoms with Crippen LogP contribution in [0.5, 0.6) is 0 Å². The number of rotatable bonds is 8. The van der Waals surface area contributed by atoms with Gasteiger partial charge in [-0.05, 0) is 99.5 Å². The molecule has 3 saturated carbocycles. The van der Waals surface area contributed by atoms with Gasteiger partial charge in [-0.2, -0.15) is 0 Å². The van der Waals surface area contributed by atoms with Crippen molar-refractivity contribution in [3.05, 3.63) is 35.5 Å². The summed E-state index contributed by atoms with van der Waals surface area (Å²) in [6, 6.07) is 0. The van der Waals surface area contributed by atoms with E-state index in [1.165, 1.54) is 37.7 Å². The zero-order chi connectivity index (χ0) is 24.4. The van der Waals surface area contributed by atoms with Crippen LogP contribution in [-0.2, 0) is 0 Å². The average molecular weight is 461 g/mol. The monoisotopic (exact) mass is 460 g/mol. The summed E-state index contributed by atoms with van der Waals surface area (Å²) in [7, 11) is 0. The summed E-state index contributed by atoms with van der Waals surface area (Å²) in [6.07, 6.45) is 13.1. The lowest BCUT2D eigenvalue weighted by atomic mass is 9.60. The molecule has 1 unspecified atom stereocenters. The van der Waals surface area contributed by atoms with Crippen molar-refractivity contribution in [1.82, 2.24) is 0 Å².